The molecule has 0 atom stereocenters. The molecule has 3 amide bonds. The maximum atomic E-state index is 12.1. The van der Waals surface area contributed by atoms with Gasteiger partial charge in [0.2, 0.25) is 0 Å². The topological polar surface area (TPSA) is 66.5 Å². The highest BCUT2D eigenvalue weighted by atomic mass is 16.2. The first-order valence-electron chi connectivity index (χ1n) is 6.85. The lowest BCUT2D eigenvalue weighted by molar-refractivity contribution is 0.0693. The summed E-state index contributed by atoms with van der Waals surface area (Å²) in [6, 6.07) is 4.91. The number of hydrogen-bond acceptors (Lipinski definition) is 3. The van der Waals surface area contributed by atoms with Gasteiger partial charge >= 0.3 is 0 Å². The Morgan fingerprint density at radius 2 is 1.80 bits per heavy atom. The Hall–Kier alpha value is -2.17. The van der Waals surface area contributed by atoms with E-state index >= 15 is 0 Å². The van der Waals surface area contributed by atoms with Crippen molar-refractivity contribution in [1.29, 1.82) is 0 Å². The molecule has 2 aliphatic rings. The third-order valence-corrected chi connectivity index (χ3v) is 4.04. The molecular formula is C15H16N2O3. The quantitative estimate of drug-likeness (QED) is 0.831. The number of nitrogens with one attached hydrogen (secondary N) is 1. The van der Waals surface area contributed by atoms with E-state index in [1.54, 1.807) is 12.1 Å². The Labute approximate surface area is 116 Å². The summed E-state index contributed by atoms with van der Waals surface area (Å²) in [6.07, 6.45) is 4.31. The fourth-order valence-electron chi connectivity index (χ4n) is 2.84. The van der Waals surface area contributed by atoms with Crippen LogP contribution in [-0.2, 0) is 0 Å². The molecular weight excluding hydrogens is 256 g/mol. The largest absolute Gasteiger partial charge is 0.349 e. The van der Waals surface area contributed by atoms with Gasteiger partial charge in [-0.25, -0.2) is 0 Å². The molecule has 1 aromatic carbocycles. The molecule has 1 saturated carbocycles. The van der Waals surface area contributed by atoms with Crippen LogP contribution >= 0.6 is 0 Å². The molecule has 0 aromatic heterocycles. The van der Waals surface area contributed by atoms with E-state index in [2.05, 4.69) is 5.32 Å². The fourth-order valence-corrected chi connectivity index (χ4v) is 2.84. The molecule has 5 heteroatoms. The summed E-state index contributed by atoms with van der Waals surface area (Å²) in [5.74, 6) is -0.831. The van der Waals surface area contributed by atoms with E-state index in [1.165, 1.54) is 13.1 Å². The molecule has 1 fully saturated rings. The second-order valence-corrected chi connectivity index (χ2v) is 5.38. The molecule has 104 valence electrons. The van der Waals surface area contributed by atoms with E-state index in [1.807, 2.05) is 0 Å². The average Bonchev–Trinajstić information content (AvgIpc) is 3.03. The van der Waals surface area contributed by atoms with Crippen LogP contribution in [0.1, 0.15) is 56.8 Å². The molecule has 1 aliphatic heterocycles. The standard InChI is InChI=1S/C15H16N2O3/c1-17-14(19)11-7-6-9(8-12(11)15(17)20)13(18)16-10-4-2-3-5-10/h6-8,10H,2-5H2,1H3,(H,16,18). The molecule has 5 nitrogen and oxygen atoms in total. The zero-order valence-corrected chi connectivity index (χ0v) is 11.3. The highest BCUT2D eigenvalue weighted by Crippen LogP contribution is 2.23. The van der Waals surface area contributed by atoms with Crippen LogP contribution in [0.3, 0.4) is 0 Å². The summed E-state index contributed by atoms with van der Waals surface area (Å²) in [5.41, 5.74) is 1.12. The van der Waals surface area contributed by atoms with Gasteiger partial charge in [0.25, 0.3) is 17.7 Å². The Balaban J connectivity index is 1.84. The van der Waals surface area contributed by atoms with Gasteiger partial charge in [-0.2, -0.15) is 0 Å². The highest BCUT2D eigenvalue weighted by molar-refractivity contribution is 6.21. The van der Waals surface area contributed by atoms with Crippen LogP contribution in [0.2, 0.25) is 0 Å². The monoisotopic (exact) mass is 272 g/mol. The second kappa shape index (κ2) is 4.74. The van der Waals surface area contributed by atoms with Crippen molar-refractivity contribution in [3.8, 4) is 0 Å². The van der Waals surface area contributed by atoms with Gasteiger partial charge in [-0.05, 0) is 31.0 Å². The number of imide groups is 1. The second-order valence-electron chi connectivity index (χ2n) is 5.38. The number of carbonyl (C=O) groups is 3. The summed E-state index contributed by atoms with van der Waals surface area (Å²) in [7, 11) is 1.45. The van der Waals surface area contributed by atoms with Gasteiger partial charge in [0.15, 0.2) is 0 Å². The number of carbonyl (C=O) groups excluding carboxylic acids is 3. The molecule has 1 aromatic rings. The number of amides is 3. The first-order chi connectivity index (χ1) is 9.58. The lowest BCUT2D eigenvalue weighted by Crippen LogP contribution is -2.32. The van der Waals surface area contributed by atoms with E-state index < -0.39 is 0 Å². The lowest BCUT2D eigenvalue weighted by Gasteiger charge is -2.12. The molecule has 0 unspecified atom stereocenters. The average molecular weight is 272 g/mol. The van der Waals surface area contributed by atoms with Crippen molar-refractivity contribution in [1.82, 2.24) is 10.2 Å². The Bertz CT molecular complexity index is 603. The summed E-state index contributed by atoms with van der Waals surface area (Å²) in [4.78, 5) is 36.9. The van der Waals surface area contributed by atoms with E-state index in [9.17, 15) is 14.4 Å². The summed E-state index contributed by atoms with van der Waals surface area (Å²) >= 11 is 0. The van der Waals surface area contributed by atoms with E-state index in [4.69, 9.17) is 0 Å². The minimum atomic E-state index is -0.347. The minimum Gasteiger partial charge on any atom is -0.349 e. The Morgan fingerprint density at radius 1 is 1.15 bits per heavy atom. The van der Waals surface area contributed by atoms with Gasteiger partial charge in [-0.15, -0.1) is 0 Å². The van der Waals surface area contributed by atoms with Gasteiger partial charge in [0.05, 0.1) is 11.1 Å². The van der Waals surface area contributed by atoms with Crippen LogP contribution in [0, 0.1) is 0 Å². The zero-order valence-electron chi connectivity index (χ0n) is 11.3. The van der Waals surface area contributed by atoms with E-state index in [0.717, 1.165) is 30.6 Å². The zero-order chi connectivity index (χ0) is 14.3. The van der Waals surface area contributed by atoms with E-state index in [0.29, 0.717) is 16.7 Å². The SMILES string of the molecule is CN1C(=O)c2ccc(C(=O)NC3CCCC3)cc2C1=O. The molecule has 1 aliphatic carbocycles. The van der Waals surface area contributed by atoms with E-state index in [-0.39, 0.29) is 23.8 Å². The fraction of sp³-hybridized carbons (Fsp3) is 0.400. The highest BCUT2D eigenvalue weighted by Gasteiger charge is 2.33. The van der Waals surface area contributed by atoms with Crippen molar-refractivity contribution in [2.75, 3.05) is 7.05 Å². The van der Waals surface area contributed by atoms with Crippen molar-refractivity contribution < 1.29 is 14.4 Å². The maximum absolute atomic E-state index is 12.1. The van der Waals surface area contributed by atoms with Crippen LogP contribution < -0.4 is 5.32 Å². The molecule has 1 heterocycles. The van der Waals surface area contributed by atoms with Gasteiger partial charge in [0, 0.05) is 18.7 Å². The maximum Gasteiger partial charge on any atom is 0.261 e. The normalized spacial score (nSPS) is 18.6. The van der Waals surface area contributed by atoms with Crippen molar-refractivity contribution in [3.05, 3.63) is 34.9 Å². The number of fused-ring (bicyclic) bond motifs is 1. The number of hydrogen-bond donors (Lipinski definition) is 1. The van der Waals surface area contributed by atoms with Gasteiger partial charge in [0.1, 0.15) is 0 Å². The third-order valence-electron chi connectivity index (χ3n) is 4.04. The van der Waals surface area contributed by atoms with Crippen LogP contribution in [0.4, 0.5) is 0 Å². The van der Waals surface area contributed by atoms with Crippen molar-refractivity contribution in [3.63, 3.8) is 0 Å². The van der Waals surface area contributed by atoms with Crippen LogP contribution in [0.25, 0.3) is 0 Å². The van der Waals surface area contributed by atoms with Gasteiger partial charge in [-0.1, -0.05) is 12.8 Å². The summed E-state index contributed by atoms with van der Waals surface area (Å²) in [6.45, 7) is 0. The van der Waals surface area contributed by atoms with Crippen molar-refractivity contribution in [2.45, 2.75) is 31.7 Å². The first-order valence-corrected chi connectivity index (χ1v) is 6.85. The minimum absolute atomic E-state index is 0.172. The molecule has 0 saturated heterocycles. The molecule has 0 spiro atoms. The molecule has 3 rings (SSSR count). The predicted octanol–water partition coefficient (Wildman–Crippen LogP) is 1.58. The molecule has 0 radical (unpaired) electrons. The first kappa shape index (κ1) is 12.8. The lowest BCUT2D eigenvalue weighted by atomic mass is 10.0. The van der Waals surface area contributed by atoms with Crippen molar-refractivity contribution >= 4 is 17.7 Å². The number of nitrogens with zero attached hydrogens (tertiary/aromatic N) is 1. The van der Waals surface area contributed by atoms with Crippen LogP contribution in [0.15, 0.2) is 18.2 Å². The third kappa shape index (κ3) is 1.99. The molecule has 0 bridgehead atoms. The number of rotatable bonds is 2. The smallest absolute Gasteiger partial charge is 0.261 e. The Kier molecular flexibility index (Phi) is 3.04. The summed E-state index contributed by atoms with van der Waals surface area (Å²) < 4.78 is 0. The van der Waals surface area contributed by atoms with Gasteiger partial charge < -0.3 is 5.32 Å². The van der Waals surface area contributed by atoms with Crippen LogP contribution in [0.5, 0.6) is 0 Å². The Morgan fingerprint density at radius 3 is 2.50 bits per heavy atom. The van der Waals surface area contributed by atoms with Crippen molar-refractivity contribution in [2.24, 2.45) is 0 Å². The van der Waals surface area contributed by atoms with Gasteiger partial charge in [-0.3, -0.25) is 19.3 Å². The predicted molar refractivity (Wildman–Crippen MR) is 72.6 cm³/mol. The molecule has 1 N–H and O–H groups in total. The molecule has 20 heavy (non-hydrogen) atoms. The number of benzene rings is 1. The summed E-state index contributed by atoms with van der Waals surface area (Å²) in [5, 5.41) is 2.97. The van der Waals surface area contributed by atoms with Crippen LogP contribution in [-0.4, -0.2) is 35.7 Å².